The maximum Gasteiger partial charge on any atom is 0.408 e. The lowest BCUT2D eigenvalue weighted by atomic mass is 10.0. The van der Waals surface area contributed by atoms with Gasteiger partial charge in [0.25, 0.3) is 12.3 Å². The van der Waals surface area contributed by atoms with Gasteiger partial charge < -0.3 is 21.1 Å². The zero-order valence-electron chi connectivity index (χ0n) is 15.0. The Morgan fingerprint density at radius 2 is 1.89 bits per heavy atom. The molecule has 7 nitrogen and oxygen atoms in total. The molecular weight excluding hydrogens is 380 g/mol. The molecule has 1 unspecified atom stereocenters. The van der Waals surface area contributed by atoms with Gasteiger partial charge in [0, 0.05) is 0 Å². The van der Waals surface area contributed by atoms with Crippen LogP contribution in [0.25, 0.3) is 0 Å². The number of alkyl halides is 2. The van der Waals surface area contributed by atoms with E-state index < -0.39 is 35.9 Å². The fourth-order valence-electron chi connectivity index (χ4n) is 2.01. The SMILES string of the molecule is CSCC[C@H](NC(=O)C(C)(NC(=O)OCc1ccccc1)C(F)F)C(N)=O. The number of rotatable bonds is 10. The van der Waals surface area contributed by atoms with Crippen molar-refractivity contribution in [3.8, 4) is 0 Å². The van der Waals surface area contributed by atoms with E-state index in [-0.39, 0.29) is 13.0 Å². The number of nitrogens with one attached hydrogen (secondary N) is 2. The molecule has 0 aromatic heterocycles. The number of benzene rings is 1. The summed E-state index contributed by atoms with van der Waals surface area (Å²) in [4.78, 5) is 35.6. The Bertz CT molecular complexity index is 648. The number of thioether (sulfide) groups is 1. The molecule has 10 heteroatoms. The summed E-state index contributed by atoms with van der Waals surface area (Å²) in [5.41, 5.74) is 3.27. The van der Waals surface area contributed by atoms with Crippen molar-refractivity contribution in [3.63, 3.8) is 0 Å². The Morgan fingerprint density at radius 3 is 2.41 bits per heavy atom. The van der Waals surface area contributed by atoms with Gasteiger partial charge in [-0.15, -0.1) is 0 Å². The summed E-state index contributed by atoms with van der Waals surface area (Å²) in [5, 5.41) is 4.06. The van der Waals surface area contributed by atoms with Gasteiger partial charge in [-0.1, -0.05) is 30.3 Å². The number of amides is 3. The minimum atomic E-state index is -3.24. The monoisotopic (exact) mass is 403 g/mol. The molecule has 0 bridgehead atoms. The van der Waals surface area contributed by atoms with E-state index in [0.29, 0.717) is 11.3 Å². The fraction of sp³-hybridized carbons (Fsp3) is 0.471. The number of alkyl carbamates (subject to hydrolysis) is 1. The molecule has 0 saturated heterocycles. The molecule has 1 aromatic rings. The Hall–Kier alpha value is -2.36. The molecule has 0 radical (unpaired) electrons. The Balaban J connectivity index is 2.75. The normalized spacial score (nSPS) is 14.1. The number of nitrogens with two attached hydrogens (primary N) is 1. The first-order valence-electron chi connectivity index (χ1n) is 8.07. The van der Waals surface area contributed by atoms with Crippen LogP contribution < -0.4 is 16.4 Å². The van der Waals surface area contributed by atoms with Crippen LogP contribution in [0.4, 0.5) is 13.6 Å². The predicted octanol–water partition coefficient (Wildman–Crippen LogP) is 1.66. The van der Waals surface area contributed by atoms with Crippen molar-refractivity contribution in [1.29, 1.82) is 0 Å². The molecule has 2 atom stereocenters. The number of carbonyl (C=O) groups excluding carboxylic acids is 3. The maximum absolute atomic E-state index is 13.5. The van der Waals surface area contributed by atoms with Gasteiger partial charge in [0.1, 0.15) is 12.6 Å². The highest BCUT2D eigenvalue weighted by molar-refractivity contribution is 7.98. The third-order valence-electron chi connectivity index (χ3n) is 3.74. The summed E-state index contributed by atoms with van der Waals surface area (Å²) in [7, 11) is 0. The van der Waals surface area contributed by atoms with Crippen molar-refractivity contribution in [2.75, 3.05) is 12.0 Å². The molecule has 27 heavy (non-hydrogen) atoms. The van der Waals surface area contributed by atoms with Gasteiger partial charge in [0.2, 0.25) is 5.91 Å². The second-order valence-corrected chi connectivity index (χ2v) is 6.89. The lowest BCUT2D eigenvalue weighted by Gasteiger charge is -2.29. The zero-order valence-corrected chi connectivity index (χ0v) is 15.9. The molecular formula is C17H23F2N3O4S. The standard InChI is InChI=1S/C17H23F2N3O4S/c1-17(14(18)19,15(24)21-12(13(20)23)8-9-27-2)22-16(25)26-10-11-6-4-3-5-7-11/h3-7,12,14H,8-10H2,1-2H3,(H2,20,23)(H,21,24)(H,22,25)/t12-,17?/m0/s1. The smallest absolute Gasteiger partial charge is 0.408 e. The summed E-state index contributed by atoms with van der Waals surface area (Å²) in [5.74, 6) is -1.58. The van der Waals surface area contributed by atoms with E-state index >= 15 is 0 Å². The number of ether oxygens (including phenoxy) is 1. The van der Waals surface area contributed by atoms with Gasteiger partial charge in [-0.3, -0.25) is 9.59 Å². The summed E-state index contributed by atoms with van der Waals surface area (Å²) in [6.45, 7) is 0.703. The fourth-order valence-corrected chi connectivity index (χ4v) is 2.48. The van der Waals surface area contributed by atoms with E-state index in [1.165, 1.54) is 11.8 Å². The average Bonchev–Trinajstić information content (AvgIpc) is 2.63. The van der Waals surface area contributed by atoms with E-state index in [2.05, 4.69) is 5.32 Å². The van der Waals surface area contributed by atoms with Crippen LogP contribution in [0.1, 0.15) is 18.9 Å². The molecule has 4 N–H and O–H groups in total. The van der Waals surface area contributed by atoms with Crippen LogP contribution in [0.2, 0.25) is 0 Å². The van der Waals surface area contributed by atoms with E-state index in [1.807, 2.05) is 5.32 Å². The van der Waals surface area contributed by atoms with Crippen LogP contribution in [0.3, 0.4) is 0 Å². The van der Waals surface area contributed by atoms with Crippen LogP contribution >= 0.6 is 11.8 Å². The first-order chi connectivity index (χ1) is 12.7. The van der Waals surface area contributed by atoms with Crippen LogP contribution in [-0.2, 0) is 20.9 Å². The second kappa shape index (κ2) is 10.7. The topological polar surface area (TPSA) is 111 Å². The van der Waals surface area contributed by atoms with Crippen LogP contribution in [0, 0.1) is 0 Å². The highest BCUT2D eigenvalue weighted by Gasteiger charge is 2.45. The van der Waals surface area contributed by atoms with Crippen molar-refractivity contribution in [2.24, 2.45) is 5.73 Å². The van der Waals surface area contributed by atoms with Crippen LogP contribution in [-0.4, -0.2) is 47.9 Å². The molecule has 1 aromatic carbocycles. The Morgan fingerprint density at radius 1 is 1.26 bits per heavy atom. The number of hydrogen-bond acceptors (Lipinski definition) is 5. The summed E-state index contributed by atoms with van der Waals surface area (Å²) in [6.07, 6.45) is -2.46. The van der Waals surface area contributed by atoms with Crippen molar-refractivity contribution < 1.29 is 27.9 Å². The molecule has 0 heterocycles. The van der Waals surface area contributed by atoms with Crippen molar-refractivity contribution in [2.45, 2.75) is 38.0 Å². The molecule has 0 aliphatic rings. The highest BCUT2D eigenvalue weighted by Crippen LogP contribution is 2.17. The molecule has 0 fully saturated rings. The van der Waals surface area contributed by atoms with Gasteiger partial charge in [0.05, 0.1) is 0 Å². The minimum Gasteiger partial charge on any atom is -0.445 e. The second-order valence-electron chi connectivity index (χ2n) is 5.90. The van der Waals surface area contributed by atoms with Crippen molar-refractivity contribution >= 4 is 29.7 Å². The Kier molecular flexibility index (Phi) is 8.99. The third-order valence-corrected chi connectivity index (χ3v) is 4.39. The van der Waals surface area contributed by atoms with E-state index in [0.717, 1.165) is 6.92 Å². The average molecular weight is 403 g/mol. The third kappa shape index (κ3) is 7.05. The van der Waals surface area contributed by atoms with Crippen molar-refractivity contribution in [3.05, 3.63) is 35.9 Å². The largest absolute Gasteiger partial charge is 0.445 e. The van der Waals surface area contributed by atoms with Gasteiger partial charge in [0.15, 0.2) is 5.54 Å². The first kappa shape index (κ1) is 22.7. The van der Waals surface area contributed by atoms with Gasteiger partial charge in [-0.2, -0.15) is 11.8 Å². The van der Waals surface area contributed by atoms with Gasteiger partial charge >= 0.3 is 6.09 Å². The van der Waals surface area contributed by atoms with Gasteiger partial charge in [-0.05, 0) is 30.9 Å². The summed E-state index contributed by atoms with van der Waals surface area (Å²) >= 11 is 1.41. The lowest BCUT2D eigenvalue weighted by molar-refractivity contribution is -0.136. The predicted molar refractivity (Wildman–Crippen MR) is 98.3 cm³/mol. The van der Waals surface area contributed by atoms with E-state index in [4.69, 9.17) is 10.5 Å². The molecule has 1 rings (SSSR count). The summed E-state index contributed by atoms with van der Waals surface area (Å²) in [6, 6.07) is 7.49. The Labute approximate surface area is 160 Å². The molecule has 3 amide bonds. The van der Waals surface area contributed by atoms with E-state index in [9.17, 15) is 23.2 Å². The molecule has 0 spiro atoms. The molecule has 150 valence electrons. The molecule has 0 aliphatic heterocycles. The minimum absolute atomic E-state index is 0.148. The maximum atomic E-state index is 13.5. The lowest BCUT2D eigenvalue weighted by Crippen LogP contribution is -2.63. The van der Waals surface area contributed by atoms with Crippen molar-refractivity contribution in [1.82, 2.24) is 10.6 Å². The highest BCUT2D eigenvalue weighted by atomic mass is 32.2. The first-order valence-corrected chi connectivity index (χ1v) is 9.46. The zero-order chi connectivity index (χ0) is 20.4. The number of primary amides is 1. The van der Waals surface area contributed by atoms with E-state index in [1.54, 1.807) is 36.6 Å². The molecule has 0 saturated carbocycles. The van der Waals surface area contributed by atoms with Crippen LogP contribution in [0.15, 0.2) is 30.3 Å². The van der Waals surface area contributed by atoms with Gasteiger partial charge in [-0.25, -0.2) is 13.6 Å². The summed E-state index contributed by atoms with van der Waals surface area (Å²) < 4.78 is 31.9. The molecule has 0 aliphatic carbocycles. The number of halogens is 2. The quantitative estimate of drug-likeness (QED) is 0.550. The number of carbonyl (C=O) groups is 3. The number of hydrogen-bond donors (Lipinski definition) is 3. The van der Waals surface area contributed by atoms with Crippen LogP contribution in [0.5, 0.6) is 0 Å².